The number of carbonyl (C=O) groups is 2. The molecule has 0 amide bonds. The van der Waals surface area contributed by atoms with Gasteiger partial charge in [0.1, 0.15) is 0 Å². The van der Waals surface area contributed by atoms with Crippen molar-refractivity contribution in [2.45, 2.75) is 26.1 Å². The summed E-state index contributed by atoms with van der Waals surface area (Å²) >= 11 is 0. The fourth-order valence-corrected chi connectivity index (χ4v) is 0. The summed E-state index contributed by atoms with van der Waals surface area (Å²) in [4.78, 5) is 18.7. The number of hydrogen-bond donors (Lipinski definition) is 2. The molecule has 2 atom stereocenters. The smallest absolute Gasteiger partial charge is 0.0905 e. The number of hydrogen-bond acceptors (Lipinski definition) is 6. The molecule has 76 valence electrons. The first-order chi connectivity index (χ1) is 5.29. The molecule has 13 heavy (non-hydrogen) atoms. The van der Waals surface area contributed by atoms with Gasteiger partial charge in [-0.25, -0.2) is 0 Å². The number of carboxylic acids is 2. The van der Waals surface area contributed by atoms with Crippen molar-refractivity contribution in [2.24, 2.45) is 0 Å². The maximum Gasteiger partial charge on any atom is 0.0905 e. The van der Waals surface area contributed by atoms with E-state index in [1.165, 1.54) is 0 Å². The Morgan fingerprint density at radius 1 is 1.00 bits per heavy atom. The predicted octanol–water partition coefficient (Wildman–Crippen LogP) is -4.15. The third-order valence-electron chi connectivity index (χ3n) is 0.682. The number of aliphatic hydroxyl groups excluding tert-OH is 2. The molecular weight excluding hydrogens is 241 g/mol. The minimum atomic E-state index is -1.44. The number of carbonyl (C=O) groups excluding carboxylic acids is 2. The summed E-state index contributed by atoms with van der Waals surface area (Å²) < 4.78 is 0. The van der Waals surface area contributed by atoms with Gasteiger partial charge in [-0.15, -0.1) is 0 Å². The van der Waals surface area contributed by atoms with E-state index in [1.54, 1.807) is 0 Å². The van der Waals surface area contributed by atoms with Crippen LogP contribution in [0, 0.1) is 0 Å². The Balaban J connectivity index is -0.000000143. The van der Waals surface area contributed by atoms with Crippen molar-refractivity contribution in [3.63, 3.8) is 0 Å². The third-order valence-corrected chi connectivity index (χ3v) is 0.682. The maximum atomic E-state index is 9.34. The van der Waals surface area contributed by atoms with Crippen LogP contribution in [0.5, 0.6) is 0 Å². The Hall–Kier alpha value is -0.597. The van der Waals surface area contributed by atoms with Crippen LogP contribution in [0.25, 0.3) is 0 Å². The van der Waals surface area contributed by atoms with E-state index in [9.17, 15) is 19.8 Å². The van der Waals surface area contributed by atoms with Crippen molar-refractivity contribution >= 4 is 29.5 Å². The van der Waals surface area contributed by atoms with Gasteiger partial charge in [-0.05, 0) is 13.8 Å². The first kappa shape index (κ1) is 18.2. The third kappa shape index (κ3) is 18.4. The van der Waals surface area contributed by atoms with Gasteiger partial charge in [0.15, 0.2) is 0 Å². The van der Waals surface area contributed by atoms with Crippen LogP contribution in [0.4, 0.5) is 0 Å². The zero-order valence-electron chi connectivity index (χ0n) is 7.18. The summed E-state index contributed by atoms with van der Waals surface area (Å²) in [5.41, 5.74) is 0. The van der Waals surface area contributed by atoms with Gasteiger partial charge < -0.3 is 30.0 Å². The summed E-state index contributed by atoms with van der Waals surface area (Å²) in [6.45, 7) is 2.27. The SMILES string of the molecule is CC(O)C(=O)[O-].CC(O)C(=O)[O-].[Ge]. The average Bonchev–Trinajstić information content (AvgIpc) is 1.88. The first-order valence-electron chi connectivity index (χ1n) is 3.06. The van der Waals surface area contributed by atoms with Gasteiger partial charge in [0.2, 0.25) is 0 Å². The monoisotopic (exact) mass is 252 g/mol. The quantitative estimate of drug-likeness (QED) is 0.480. The van der Waals surface area contributed by atoms with E-state index in [-0.39, 0.29) is 17.6 Å². The Labute approximate surface area is 86.2 Å². The summed E-state index contributed by atoms with van der Waals surface area (Å²) in [5.74, 6) is -2.87. The van der Waals surface area contributed by atoms with Crippen LogP contribution in [-0.4, -0.2) is 52.0 Å². The van der Waals surface area contributed by atoms with E-state index < -0.39 is 24.1 Å². The molecule has 0 aromatic carbocycles. The maximum absolute atomic E-state index is 9.34. The van der Waals surface area contributed by atoms with Crippen molar-refractivity contribution in [3.8, 4) is 0 Å². The second-order valence-electron chi connectivity index (χ2n) is 1.99. The zero-order valence-corrected chi connectivity index (χ0v) is 9.28. The van der Waals surface area contributed by atoms with Crippen molar-refractivity contribution in [2.75, 3.05) is 0 Å². The number of aliphatic carboxylic acids is 2. The van der Waals surface area contributed by atoms with Crippen LogP contribution in [0.3, 0.4) is 0 Å². The minimum Gasteiger partial charge on any atom is -0.547 e. The van der Waals surface area contributed by atoms with Crippen LogP contribution < -0.4 is 10.2 Å². The van der Waals surface area contributed by atoms with Gasteiger partial charge in [0.05, 0.1) is 24.1 Å². The van der Waals surface area contributed by atoms with Crippen LogP contribution in [-0.2, 0) is 9.59 Å². The molecule has 0 spiro atoms. The van der Waals surface area contributed by atoms with Gasteiger partial charge >= 0.3 is 0 Å². The molecule has 0 saturated carbocycles. The first-order valence-corrected chi connectivity index (χ1v) is 3.06. The Kier molecular flexibility index (Phi) is 13.3. The molecule has 0 aliphatic rings. The molecule has 0 aromatic rings. The molecule has 0 fully saturated rings. The molecule has 2 N–H and O–H groups in total. The van der Waals surface area contributed by atoms with Crippen molar-refractivity contribution in [1.82, 2.24) is 0 Å². The molecule has 0 rings (SSSR count). The number of aliphatic hydroxyl groups is 2. The van der Waals surface area contributed by atoms with Crippen LogP contribution in [0.15, 0.2) is 0 Å². The molecule has 0 aromatic heterocycles. The van der Waals surface area contributed by atoms with Gasteiger partial charge in [0.25, 0.3) is 0 Å². The Morgan fingerprint density at radius 3 is 1.08 bits per heavy atom. The van der Waals surface area contributed by atoms with E-state index in [4.69, 9.17) is 10.2 Å². The Morgan fingerprint density at radius 2 is 1.08 bits per heavy atom. The molecule has 2 unspecified atom stereocenters. The average molecular weight is 251 g/mol. The van der Waals surface area contributed by atoms with Gasteiger partial charge in [-0.2, -0.15) is 0 Å². The molecule has 0 saturated heterocycles. The second-order valence-corrected chi connectivity index (χ2v) is 1.99. The predicted molar refractivity (Wildman–Crippen MR) is 39.1 cm³/mol. The standard InChI is InChI=1S/2C3H6O3.Ge/c2*1-2(4)3(5)6;/h2*2,4H,1H3,(H,5,6);/p-2. The Bertz CT molecular complexity index is 137. The molecule has 0 aliphatic heterocycles. The van der Waals surface area contributed by atoms with E-state index in [0.717, 1.165) is 13.8 Å². The summed E-state index contributed by atoms with van der Waals surface area (Å²) in [5, 5.41) is 34.6. The molecule has 4 radical (unpaired) electrons. The van der Waals surface area contributed by atoms with Crippen LogP contribution >= 0.6 is 0 Å². The van der Waals surface area contributed by atoms with E-state index in [0.29, 0.717) is 0 Å². The largest absolute Gasteiger partial charge is 0.547 e. The fourth-order valence-electron chi connectivity index (χ4n) is 0. The van der Waals surface area contributed by atoms with Gasteiger partial charge in [-0.3, -0.25) is 0 Å². The molecule has 0 aliphatic carbocycles. The van der Waals surface area contributed by atoms with E-state index in [2.05, 4.69) is 0 Å². The molecule has 6 nitrogen and oxygen atoms in total. The molecular formula is C6H10GeO6-2. The summed E-state index contributed by atoms with van der Waals surface area (Å²) in [6.07, 6.45) is -2.69. The van der Waals surface area contributed by atoms with Crippen LogP contribution in [0.1, 0.15) is 13.8 Å². The molecule has 0 heterocycles. The minimum absolute atomic E-state index is 0. The summed E-state index contributed by atoms with van der Waals surface area (Å²) in [7, 11) is 0. The fraction of sp³-hybridized carbons (Fsp3) is 0.667. The zero-order chi connectivity index (χ0) is 10.3. The summed E-state index contributed by atoms with van der Waals surface area (Å²) in [6, 6.07) is 0. The molecule has 0 bridgehead atoms. The van der Waals surface area contributed by atoms with Gasteiger partial charge in [-0.1, -0.05) is 0 Å². The normalized spacial score (nSPS) is 12.6. The van der Waals surface area contributed by atoms with Crippen molar-refractivity contribution in [3.05, 3.63) is 0 Å². The van der Waals surface area contributed by atoms with Crippen molar-refractivity contribution < 1.29 is 30.0 Å². The van der Waals surface area contributed by atoms with Crippen LogP contribution in [0.2, 0.25) is 0 Å². The molecule has 7 heteroatoms. The van der Waals surface area contributed by atoms with Crippen molar-refractivity contribution in [1.29, 1.82) is 0 Å². The topological polar surface area (TPSA) is 121 Å². The van der Waals surface area contributed by atoms with Gasteiger partial charge in [0, 0.05) is 17.6 Å². The second kappa shape index (κ2) is 9.49. The van der Waals surface area contributed by atoms with E-state index in [1.807, 2.05) is 0 Å². The number of rotatable bonds is 2. The number of carboxylic acid groups (broad SMARTS) is 2. The van der Waals surface area contributed by atoms with E-state index >= 15 is 0 Å².